The van der Waals surface area contributed by atoms with Gasteiger partial charge in [-0.1, -0.05) is 35.5 Å². The summed E-state index contributed by atoms with van der Waals surface area (Å²) >= 11 is 0. The van der Waals surface area contributed by atoms with Gasteiger partial charge in [-0.05, 0) is 43.3 Å². The summed E-state index contributed by atoms with van der Waals surface area (Å²) in [5.41, 5.74) is 2.20. The van der Waals surface area contributed by atoms with Gasteiger partial charge in [0, 0.05) is 24.6 Å². The van der Waals surface area contributed by atoms with E-state index in [2.05, 4.69) is 26.4 Å². The molecule has 2 atom stereocenters. The van der Waals surface area contributed by atoms with Crippen LogP contribution in [0.3, 0.4) is 0 Å². The Balaban J connectivity index is 1.38. The van der Waals surface area contributed by atoms with Crippen molar-refractivity contribution in [2.24, 2.45) is 0 Å². The zero-order chi connectivity index (χ0) is 20.2. The Morgan fingerprint density at radius 1 is 1.24 bits per heavy atom. The van der Waals surface area contributed by atoms with Crippen LogP contribution < -0.4 is 5.32 Å². The molecule has 2 unspecified atom stereocenters. The lowest BCUT2D eigenvalue weighted by atomic mass is 10.1. The van der Waals surface area contributed by atoms with Crippen LogP contribution in [0.15, 0.2) is 59.1 Å². The Labute approximate surface area is 169 Å². The first kappa shape index (κ1) is 18.8. The second-order valence-corrected chi connectivity index (χ2v) is 7.26. The minimum atomic E-state index is -0.149. The SMILES string of the molecule is CN1CC(NC(=O)c2ccc(C#N)cc2)CC1c1nc(Cc2ccccc2)no1. The lowest BCUT2D eigenvalue weighted by molar-refractivity contribution is 0.0938. The van der Waals surface area contributed by atoms with Crippen LogP contribution in [0.25, 0.3) is 0 Å². The van der Waals surface area contributed by atoms with Gasteiger partial charge in [0.15, 0.2) is 5.82 Å². The maximum absolute atomic E-state index is 12.5. The number of hydrogen-bond donors (Lipinski definition) is 1. The molecule has 1 N–H and O–H groups in total. The first-order valence-electron chi connectivity index (χ1n) is 9.50. The average Bonchev–Trinajstić information content (AvgIpc) is 3.35. The molecule has 1 fully saturated rings. The van der Waals surface area contributed by atoms with Crippen molar-refractivity contribution in [3.05, 3.63) is 83.0 Å². The molecule has 1 amide bonds. The van der Waals surface area contributed by atoms with E-state index >= 15 is 0 Å². The Hall–Kier alpha value is -3.50. The van der Waals surface area contributed by atoms with E-state index in [9.17, 15) is 4.79 Å². The van der Waals surface area contributed by atoms with E-state index < -0.39 is 0 Å². The highest BCUT2D eigenvalue weighted by molar-refractivity contribution is 5.94. The first-order chi connectivity index (χ1) is 14.1. The summed E-state index contributed by atoms with van der Waals surface area (Å²) in [6.45, 7) is 0.698. The number of benzene rings is 2. The number of aromatic nitrogens is 2. The van der Waals surface area contributed by atoms with Crippen LogP contribution in [-0.2, 0) is 6.42 Å². The number of nitrogens with one attached hydrogen (secondary N) is 1. The Kier molecular flexibility index (Phi) is 5.36. The molecule has 1 aromatic heterocycles. The van der Waals surface area contributed by atoms with E-state index in [4.69, 9.17) is 9.78 Å². The van der Waals surface area contributed by atoms with E-state index in [1.165, 1.54) is 0 Å². The Morgan fingerprint density at radius 3 is 2.72 bits per heavy atom. The summed E-state index contributed by atoms with van der Waals surface area (Å²) in [6.07, 6.45) is 1.32. The van der Waals surface area contributed by atoms with Crippen LogP contribution in [0.5, 0.6) is 0 Å². The summed E-state index contributed by atoms with van der Waals surface area (Å²) in [5.74, 6) is 1.09. The van der Waals surface area contributed by atoms with Crippen LogP contribution in [0.1, 0.15) is 45.7 Å². The second kappa shape index (κ2) is 8.25. The van der Waals surface area contributed by atoms with Crippen molar-refractivity contribution in [3.63, 3.8) is 0 Å². The highest BCUT2D eigenvalue weighted by atomic mass is 16.5. The van der Waals surface area contributed by atoms with Gasteiger partial charge in [-0.2, -0.15) is 10.2 Å². The summed E-state index contributed by atoms with van der Waals surface area (Å²) in [5, 5.41) is 16.0. The molecule has 7 heteroatoms. The number of likely N-dealkylation sites (tertiary alicyclic amines) is 1. The number of likely N-dealkylation sites (N-methyl/N-ethyl adjacent to an activating group) is 1. The number of nitriles is 1. The van der Waals surface area contributed by atoms with Crippen molar-refractivity contribution >= 4 is 5.91 Å². The summed E-state index contributed by atoms with van der Waals surface area (Å²) in [4.78, 5) is 19.2. The number of amides is 1. The normalized spacial score (nSPS) is 19.0. The monoisotopic (exact) mass is 387 g/mol. The van der Waals surface area contributed by atoms with E-state index in [1.54, 1.807) is 24.3 Å². The van der Waals surface area contributed by atoms with Crippen molar-refractivity contribution in [1.29, 1.82) is 5.26 Å². The average molecular weight is 387 g/mol. The molecule has 0 bridgehead atoms. The molecule has 0 aliphatic carbocycles. The van der Waals surface area contributed by atoms with Gasteiger partial charge in [-0.3, -0.25) is 9.69 Å². The van der Waals surface area contributed by atoms with Crippen molar-refractivity contribution in [1.82, 2.24) is 20.4 Å². The van der Waals surface area contributed by atoms with E-state index in [1.807, 2.05) is 37.4 Å². The zero-order valence-electron chi connectivity index (χ0n) is 16.1. The van der Waals surface area contributed by atoms with Gasteiger partial charge in [0.1, 0.15) is 0 Å². The van der Waals surface area contributed by atoms with Gasteiger partial charge in [-0.25, -0.2) is 0 Å². The van der Waals surface area contributed by atoms with Gasteiger partial charge in [-0.15, -0.1) is 0 Å². The largest absolute Gasteiger partial charge is 0.348 e. The third-order valence-electron chi connectivity index (χ3n) is 5.13. The van der Waals surface area contributed by atoms with Crippen molar-refractivity contribution in [3.8, 4) is 6.07 Å². The van der Waals surface area contributed by atoms with Crippen LogP contribution in [0.2, 0.25) is 0 Å². The molecule has 0 saturated carbocycles. The van der Waals surface area contributed by atoms with Gasteiger partial charge in [0.25, 0.3) is 5.91 Å². The standard InChI is InChI=1S/C22H21N5O2/c1-27-14-18(24-21(28)17-9-7-16(13-23)8-10-17)12-19(27)22-25-20(26-29-22)11-15-5-3-2-4-6-15/h2-10,18-19H,11-12,14H2,1H3,(H,24,28). The van der Waals surface area contributed by atoms with E-state index in [0.717, 1.165) is 5.56 Å². The molecule has 2 aromatic carbocycles. The van der Waals surface area contributed by atoms with Crippen LogP contribution in [0.4, 0.5) is 0 Å². The highest BCUT2D eigenvalue weighted by Gasteiger charge is 2.35. The summed E-state index contributed by atoms with van der Waals surface area (Å²) in [7, 11) is 1.99. The van der Waals surface area contributed by atoms with Gasteiger partial charge >= 0.3 is 0 Å². The van der Waals surface area contributed by atoms with Gasteiger partial charge in [0.05, 0.1) is 17.7 Å². The van der Waals surface area contributed by atoms with E-state index in [-0.39, 0.29) is 18.0 Å². The van der Waals surface area contributed by atoms with Crippen LogP contribution in [-0.4, -0.2) is 40.6 Å². The fourth-order valence-electron chi connectivity index (χ4n) is 3.61. The zero-order valence-corrected chi connectivity index (χ0v) is 16.1. The van der Waals surface area contributed by atoms with Crippen molar-refractivity contribution in [2.45, 2.75) is 24.9 Å². The third-order valence-corrected chi connectivity index (χ3v) is 5.13. The number of hydrogen-bond acceptors (Lipinski definition) is 6. The maximum atomic E-state index is 12.5. The predicted octanol–water partition coefficient (Wildman–Crippen LogP) is 2.71. The van der Waals surface area contributed by atoms with Gasteiger partial charge < -0.3 is 9.84 Å². The van der Waals surface area contributed by atoms with E-state index in [0.29, 0.717) is 42.2 Å². The molecule has 3 aromatic rings. The highest BCUT2D eigenvalue weighted by Crippen LogP contribution is 2.30. The fourth-order valence-corrected chi connectivity index (χ4v) is 3.61. The lowest BCUT2D eigenvalue weighted by Crippen LogP contribution is -2.36. The Bertz CT molecular complexity index is 1020. The van der Waals surface area contributed by atoms with Gasteiger partial charge in [0.2, 0.25) is 5.89 Å². The molecular weight excluding hydrogens is 366 g/mol. The minimum Gasteiger partial charge on any atom is -0.348 e. The third kappa shape index (κ3) is 4.33. The topological polar surface area (TPSA) is 95.1 Å². The summed E-state index contributed by atoms with van der Waals surface area (Å²) < 4.78 is 5.51. The first-order valence-corrected chi connectivity index (χ1v) is 9.50. The molecule has 1 aliphatic rings. The molecule has 7 nitrogen and oxygen atoms in total. The molecule has 2 heterocycles. The smallest absolute Gasteiger partial charge is 0.251 e. The Morgan fingerprint density at radius 2 is 2.00 bits per heavy atom. The van der Waals surface area contributed by atoms with Crippen LogP contribution in [0, 0.1) is 11.3 Å². The predicted molar refractivity (Wildman–Crippen MR) is 106 cm³/mol. The number of carbonyl (C=O) groups excluding carboxylic acids is 1. The molecule has 0 radical (unpaired) electrons. The molecule has 29 heavy (non-hydrogen) atoms. The summed E-state index contributed by atoms with van der Waals surface area (Å²) in [6, 6.07) is 18.6. The molecule has 146 valence electrons. The number of carbonyl (C=O) groups is 1. The lowest BCUT2D eigenvalue weighted by Gasteiger charge is -2.14. The quantitative estimate of drug-likeness (QED) is 0.723. The van der Waals surface area contributed by atoms with Crippen LogP contribution >= 0.6 is 0 Å². The number of nitrogens with zero attached hydrogens (tertiary/aromatic N) is 4. The molecule has 0 spiro atoms. The molecular formula is C22H21N5O2. The fraction of sp³-hybridized carbons (Fsp3) is 0.273. The van der Waals surface area contributed by atoms with Crippen molar-refractivity contribution in [2.75, 3.05) is 13.6 Å². The maximum Gasteiger partial charge on any atom is 0.251 e. The molecule has 1 aliphatic heterocycles. The number of rotatable bonds is 5. The van der Waals surface area contributed by atoms with Crippen molar-refractivity contribution < 1.29 is 9.32 Å². The minimum absolute atomic E-state index is 0.0161. The second-order valence-electron chi connectivity index (χ2n) is 7.26. The molecule has 4 rings (SSSR count). The molecule has 1 saturated heterocycles.